The number of nitrogens with one attached hydrogen (secondary N) is 2. The molecule has 250 valence electrons. The number of rotatable bonds is 14. The van der Waals surface area contributed by atoms with Crippen molar-refractivity contribution in [2.45, 2.75) is 49.6 Å². The number of halogens is 2. The summed E-state index contributed by atoms with van der Waals surface area (Å²) in [6, 6.07) is 24.1. The summed E-state index contributed by atoms with van der Waals surface area (Å²) < 4.78 is 60.8. The van der Waals surface area contributed by atoms with Crippen LogP contribution in [-0.2, 0) is 26.2 Å². The van der Waals surface area contributed by atoms with Crippen molar-refractivity contribution in [3.05, 3.63) is 138 Å². The number of hydrogen-bond donors (Lipinski definition) is 2. The van der Waals surface area contributed by atoms with Crippen LogP contribution in [0.3, 0.4) is 0 Å². The van der Waals surface area contributed by atoms with E-state index in [2.05, 4.69) is 16.1 Å². The lowest BCUT2D eigenvalue weighted by molar-refractivity contribution is -0.143. The summed E-state index contributed by atoms with van der Waals surface area (Å²) in [5.41, 5.74) is 2.74. The molecule has 0 aliphatic heterocycles. The smallest absolute Gasteiger partial charge is 0.261 e. The largest absolute Gasteiger partial charge is 0.484 e. The number of carbonyl (C=O) groups is 2. The van der Waals surface area contributed by atoms with Gasteiger partial charge in [-0.1, -0.05) is 54.1 Å². The van der Waals surface area contributed by atoms with Gasteiger partial charge in [0.2, 0.25) is 5.91 Å². The van der Waals surface area contributed by atoms with E-state index in [1.54, 1.807) is 36.4 Å². The fourth-order valence-corrected chi connectivity index (χ4v) is 6.53. The first-order valence-electron chi connectivity index (χ1n) is 15.7. The van der Waals surface area contributed by atoms with Crippen LogP contribution in [0.25, 0.3) is 0 Å². The molecule has 0 aromatic heterocycles. The second-order valence-corrected chi connectivity index (χ2v) is 13.2. The minimum atomic E-state index is -3.97. The number of anilines is 1. The molecule has 0 saturated carbocycles. The van der Waals surface area contributed by atoms with Gasteiger partial charge in [-0.3, -0.25) is 14.3 Å². The number of sulfonamides is 1. The van der Waals surface area contributed by atoms with Gasteiger partial charge in [0.25, 0.3) is 15.9 Å². The van der Waals surface area contributed by atoms with Crippen LogP contribution < -0.4 is 14.8 Å². The lowest BCUT2D eigenvalue weighted by Gasteiger charge is -2.31. The summed E-state index contributed by atoms with van der Waals surface area (Å²) in [6.45, 7) is -0.0220. The van der Waals surface area contributed by atoms with Crippen LogP contribution in [-0.4, -0.2) is 38.3 Å². The molecule has 0 radical (unpaired) electrons. The van der Waals surface area contributed by atoms with Gasteiger partial charge in [0.15, 0.2) is 6.61 Å². The maximum Gasteiger partial charge on any atom is 0.261 e. The topological polar surface area (TPSA) is 105 Å². The van der Waals surface area contributed by atoms with E-state index >= 15 is 0 Å². The van der Waals surface area contributed by atoms with Crippen LogP contribution in [0.4, 0.5) is 14.5 Å². The number of allylic oxidation sites excluding steroid dienone is 1. The lowest BCUT2D eigenvalue weighted by atomic mass is 9.97. The van der Waals surface area contributed by atoms with Crippen molar-refractivity contribution in [2.24, 2.45) is 0 Å². The zero-order valence-electron chi connectivity index (χ0n) is 26.3. The van der Waals surface area contributed by atoms with Crippen molar-refractivity contribution in [2.75, 3.05) is 17.9 Å². The number of hydrogen-bond acceptors (Lipinski definition) is 5. The number of ether oxygens (including phenoxy) is 1. The van der Waals surface area contributed by atoms with E-state index in [4.69, 9.17) is 4.74 Å². The number of nitrogens with zero attached hydrogens (tertiary/aromatic N) is 1. The summed E-state index contributed by atoms with van der Waals surface area (Å²) in [5, 5.41) is 3.02. The van der Waals surface area contributed by atoms with Gasteiger partial charge in [0.05, 0.1) is 4.90 Å². The Morgan fingerprint density at radius 1 is 0.833 bits per heavy atom. The Balaban J connectivity index is 1.32. The van der Waals surface area contributed by atoms with Gasteiger partial charge >= 0.3 is 0 Å². The predicted molar refractivity (Wildman–Crippen MR) is 179 cm³/mol. The monoisotopic (exact) mass is 673 g/mol. The Bertz CT molecular complexity index is 1820. The third-order valence-corrected chi connectivity index (χ3v) is 9.38. The number of benzene rings is 4. The molecular formula is C37H37F2N3O5S. The molecule has 1 aliphatic rings. The highest BCUT2D eigenvalue weighted by molar-refractivity contribution is 7.92. The van der Waals surface area contributed by atoms with Gasteiger partial charge < -0.3 is 15.0 Å². The normalized spacial score (nSPS) is 13.6. The van der Waals surface area contributed by atoms with Crippen LogP contribution in [0.2, 0.25) is 0 Å². The second-order valence-electron chi connectivity index (χ2n) is 11.5. The summed E-state index contributed by atoms with van der Waals surface area (Å²) >= 11 is 0. The molecule has 0 saturated heterocycles. The Hall–Kier alpha value is -5.03. The zero-order valence-corrected chi connectivity index (χ0v) is 27.1. The number of amides is 2. The standard InChI is InChI=1S/C37H37F2N3O5S/c38-30-13-11-28(12-14-30)25-42(36(29-9-5-2-6-10-29)37(44)40-24-23-27-7-3-1-4-8-27)35(43)26-47-33-19-21-34(22-20-33)48(45,46)41-32-17-15-31(39)16-18-32/h2,5-7,9-22,36,41H,1,3-4,8,23-26H2,(H,40,44)/t36-/m1/s1. The SMILES string of the molecule is O=C(NCCC1=CCCCC1)[C@@H](c1ccccc1)N(Cc1ccc(F)cc1)C(=O)COc1ccc(S(=O)(=O)Nc2ccc(F)cc2)cc1. The van der Waals surface area contributed by atoms with Crippen molar-refractivity contribution < 1.29 is 31.5 Å². The van der Waals surface area contributed by atoms with Crippen LogP contribution in [0.5, 0.6) is 5.75 Å². The minimum absolute atomic E-state index is 0.00679. The van der Waals surface area contributed by atoms with E-state index in [0.29, 0.717) is 17.7 Å². The molecule has 0 fully saturated rings. The molecule has 0 unspecified atom stereocenters. The molecule has 11 heteroatoms. The molecule has 5 rings (SSSR count). The lowest BCUT2D eigenvalue weighted by Crippen LogP contribution is -2.45. The van der Waals surface area contributed by atoms with Gasteiger partial charge in [-0.15, -0.1) is 0 Å². The Morgan fingerprint density at radius 2 is 1.50 bits per heavy atom. The van der Waals surface area contributed by atoms with Crippen molar-refractivity contribution in [1.29, 1.82) is 0 Å². The van der Waals surface area contributed by atoms with E-state index in [1.165, 1.54) is 65.4 Å². The summed E-state index contributed by atoms with van der Waals surface area (Å²) in [4.78, 5) is 29.1. The highest BCUT2D eigenvalue weighted by Gasteiger charge is 2.32. The molecule has 8 nitrogen and oxygen atoms in total. The third kappa shape index (κ3) is 9.51. The molecule has 2 amide bonds. The quantitative estimate of drug-likeness (QED) is 0.142. The van der Waals surface area contributed by atoms with Gasteiger partial charge in [0, 0.05) is 18.8 Å². The van der Waals surface area contributed by atoms with Gasteiger partial charge in [-0.25, -0.2) is 17.2 Å². The first-order valence-corrected chi connectivity index (χ1v) is 17.2. The van der Waals surface area contributed by atoms with Crippen molar-refractivity contribution in [3.8, 4) is 5.75 Å². The third-order valence-electron chi connectivity index (χ3n) is 7.99. The summed E-state index contributed by atoms with van der Waals surface area (Å²) in [7, 11) is -3.97. The maximum absolute atomic E-state index is 13.9. The summed E-state index contributed by atoms with van der Waals surface area (Å²) in [6.07, 6.45) is 7.33. The van der Waals surface area contributed by atoms with E-state index in [1.807, 2.05) is 6.07 Å². The van der Waals surface area contributed by atoms with E-state index in [-0.39, 0.29) is 28.8 Å². The Morgan fingerprint density at radius 3 is 2.15 bits per heavy atom. The molecule has 48 heavy (non-hydrogen) atoms. The molecule has 4 aromatic rings. The summed E-state index contributed by atoms with van der Waals surface area (Å²) in [5.74, 6) is -1.54. The van der Waals surface area contributed by atoms with Gasteiger partial charge in [0.1, 0.15) is 23.4 Å². The average molecular weight is 674 g/mol. The van der Waals surface area contributed by atoms with Crippen molar-refractivity contribution >= 4 is 27.5 Å². The van der Waals surface area contributed by atoms with Crippen molar-refractivity contribution in [1.82, 2.24) is 10.2 Å². The number of carbonyl (C=O) groups excluding carboxylic acids is 2. The fourth-order valence-electron chi connectivity index (χ4n) is 5.47. The Labute approximate surface area is 279 Å². The minimum Gasteiger partial charge on any atom is -0.484 e. The molecular weight excluding hydrogens is 636 g/mol. The molecule has 0 heterocycles. The molecule has 2 N–H and O–H groups in total. The first-order chi connectivity index (χ1) is 23.2. The van der Waals surface area contributed by atoms with Gasteiger partial charge in [-0.05, 0) is 104 Å². The highest BCUT2D eigenvalue weighted by atomic mass is 32.2. The first kappa shape index (κ1) is 34.3. The fraction of sp³-hybridized carbons (Fsp3) is 0.243. The van der Waals surface area contributed by atoms with Crippen molar-refractivity contribution in [3.63, 3.8) is 0 Å². The average Bonchev–Trinajstić information content (AvgIpc) is 3.10. The molecule has 4 aromatic carbocycles. The Kier molecular flexibility index (Phi) is 11.6. The second kappa shape index (κ2) is 16.2. The van der Waals surface area contributed by atoms with E-state index in [9.17, 15) is 26.8 Å². The van der Waals surface area contributed by atoms with Crippen LogP contribution >= 0.6 is 0 Å². The highest BCUT2D eigenvalue weighted by Crippen LogP contribution is 2.26. The van der Waals surface area contributed by atoms with Crippen LogP contribution in [0, 0.1) is 11.6 Å². The van der Waals surface area contributed by atoms with E-state index < -0.39 is 40.2 Å². The maximum atomic E-state index is 13.9. The predicted octanol–water partition coefficient (Wildman–Crippen LogP) is 6.92. The molecule has 0 bridgehead atoms. The molecule has 1 aliphatic carbocycles. The molecule has 0 spiro atoms. The van der Waals surface area contributed by atoms with E-state index in [0.717, 1.165) is 37.8 Å². The van der Waals surface area contributed by atoms with Gasteiger partial charge in [-0.2, -0.15) is 0 Å². The zero-order chi connectivity index (χ0) is 33.9. The van der Waals surface area contributed by atoms with Crippen LogP contribution in [0.1, 0.15) is 49.3 Å². The molecule has 1 atom stereocenters. The van der Waals surface area contributed by atoms with Crippen LogP contribution in [0.15, 0.2) is 120 Å².